The van der Waals surface area contributed by atoms with Crippen LogP contribution in [0.2, 0.25) is 0 Å². The molecule has 1 N–H and O–H groups in total. The van der Waals surface area contributed by atoms with E-state index in [1.54, 1.807) is 0 Å². The van der Waals surface area contributed by atoms with Gasteiger partial charge in [-0.3, -0.25) is 4.79 Å². The van der Waals surface area contributed by atoms with Crippen molar-refractivity contribution in [1.82, 2.24) is 4.98 Å². The van der Waals surface area contributed by atoms with Crippen molar-refractivity contribution in [2.75, 3.05) is 18.0 Å². The van der Waals surface area contributed by atoms with Gasteiger partial charge < -0.3 is 9.88 Å². The lowest BCUT2D eigenvalue weighted by Crippen LogP contribution is -2.29. The van der Waals surface area contributed by atoms with Crippen LogP contribution < -0.4 is 10.5 Å². The van der Waals surface area contributed by atoms with Crippen LogP contribution in [0.5, 0.6) is 0 Å². The van der Waals surface area contributed by atoms with Crippen molar-refractivity contribution in [3.05, 3.63) is 46.8 Å². The van der Waals surface area contributed by atoms with Gasteiger partial charge in [-0.05, 0) is 55.3 Å². The maximum Gasteiger partial charge on any atom is 0.255 e. The number of allylic oxidation sites excluding steroid dienone is 1. The van der Waals surface area contributed by atoms with Gasteiger partial charge in [-0.15, -0.1) is 0 Å². The highest BCUT2D eigenvalue weighted by Crippen LogP contribution is 2.24. The van der Waals surface area contributed by atoms with Gasteiger partial charge >= 0.3 is 0 Å². The topological polar surface area (TPSA) is 36.1 Å². The summed E-state index contributed by atoms with van der Waals surface area (Å²) in [4.78, 5) is 17.4. The third-order valence-electron chi connectivity index (χ3n) is 4.01. The summed E-state index contributed by atoms with van der Waals surface area (Å²) in [5.74, 6) is 0. The van der Waals surface area contributed by atoms with Gasteiger partial charge in [0.1, 0.15) is 0 Å². The van der Waals surface area contributed by atoms with Crippen molar-refractivity contribution in [2.45, 2.75) is 26.2 Å². The van der Waals surface area contributed by atoms with Crippen LogP contribution in [0.1, 0.15) is 31.7 Å². The quantitative estimate of drug-likeness (QED) is 0.904. The van der Waals surface area contributed by atoms with E-state index in [9.17, 15) is 4.79 Å². The zero-order chi connectivity index (χ0) is 14.1. The molecule has 1 aliphatic rings. The molecule has 2 aromatic rings. The van der Waals surface area contributed by atoms with Crippen molar-refractivity contribution in [1.29, 1.82) is 0 Å². The molecule has 1 saturated heterocycles. The van der Waals surface area contributed by atoms with E-state index in [1.165, 1.54) is 24.9 Å². The van der Waals surface area contributed by atoms with E-state index in [0.717, 1.165) is 29.6 Å². The van der Waals surface area contributed by atoms with E-state index in [2.05, 4.69) is 34.7 Å². The van der Waals surface area contributed by atoms with Crippen molar-refractivity contribution in [2.24, 2.45) is 0 Å². The summed E-state index contributed by atoms with van der Waals surface area (Å²) >= 11 is 0. The lowest BCUT2D eigenvalue weighted by atomic mass is 10.1. The lowest BCUT2D eigenvalue weighted by Gasteiger charge is -2.29. The van der Waals surface area contributed by atoms with E-state index in [-0.39, 0.29) is 5.56 Å². The number of piperidine rings is 1. The van der Waals surface area contributed by atoms with E-state index in [1.807, 2.05) is 13.0 Å². The summed E-state index contributed by atoms with van der Waals surface area (Å²) in [6, 6.07) is 8.25. The van der Waals surface area contributed by atoms with Gasteiger partial charge in [0.15, 0.2) is 0 Å². The van der Waals surface area contributed by atoms with Gasteiger partial charge in [-0.25, -0.2) is 0 Å². The molecule has 0 unspecified atom stereocenters. The molecule has 1 aromatic carbocycles. The molecular formula is C17H20N2O. The summed E-state index contributed by atoms with van der Waals surface area (Å²) in [5, 5.41) is 1.06. The molecule has 0 saturated carbocycles. The number of anilines is 1. The Hall–Kier alpha value is -2.03. The predicted octanol–water partition coefficient (Wildman–Crippen LogP) is 3.55. The van der Waals surface area contributed by atoms with Gasteiger partial charge in [-0.1, -0.05) is 12.6 Å². The fourth-order valence-corrected chi connectivity index (χ4v) is 2.85. The molecule has 0 spiro atoms. The van der Waals surface area contributed by atoms with Crippen molar-refractivity contribution < 1.29 is 0 Å². The SMILES string of the molecule is C=C(C)c1cc2ccc(N3CCCCC3)cc2[nH]c1=O. The van der Waals surface area contributed by atoms with E-state index in [4.69, 9.17) is 0 Å². The van der Waals surface area contributed by atoms with Crippen LogP contribution in [-0.2, 0) is 0 Å². The number of nitrogens with one attached hydrogen (secondary N) is 1. The maximum atomic E-state index is 12.0. The molecule has 0 aliphatic carbocycles. The number of hydrogen-bond donors (Lipinski definition) is 1. The number of H-pyrrole nitrogens is 1. The molecule has 3 heteroatoms. The van der Waals surface area contributed by atoms with E-state index in [0.29, 0.717) is 5.56 Å². The number of rotatable bonds is 2. The smallest absolute Gasteiger partial charge is 0.255 e. The largest absolute Gasteiger partial charge is 0.371 e. The Morgan fingerprint density at radius 2 is 1.95 bits per heavy atom. The van der Waals surface area contributed by atoms with Crippen LogP contribution in [-0.4, -0.2) is 18.1 Å². The second kappa shape index (κ2) is 5.16. The molecule has 0 atom stereocenters. The third kappa shape index (κ3) is 2.36. The van der Waals surface area contributed by atoms with Gasteiger partial charge in [0.05, 0.1) is 5.52 Å². The molecule has 1 aliphatic heterocycles. The number of aromatic amines is 1. The molecule has 0 radical (unpaired) electrons. The Morgan fingerprint density at radius 1 is 1.20 bits per heavy atom. The minimum atomic E-state index is -0.0548. The number of fused-ring (bicyclic) bond motifs is 1. The van der Waals surface area contributed by atoms with Crippen LogP contribution in [0.25, 0.3) is 16.5 Å². The average molecular weight is 268 g/mol. The number of hydrogen-bond acceptors (Lipinski definition) is 2. The molecular weight excluding hydrogens is 248 g/mol. The van der Waals surface area contributed by atoms with E-state index < -0.39 is 0 Å². The van der Waals surface area contributed by atoms with Crippen molar-refractivity contribution in [3.63, 3.8) is 0 Å². The highest BCUT2D eigenvalue weighted by molar-refractivity contribution is 5.85. The summed E-state index contributed by atoms with van der Waals surface area (Å²) in [6.45, 7) is 7.94. The second-order valence-corrected chi connectivity index (χ2v) is 5.61. The first kappa shape index (κ1) is 13.0. The van der Waals surface area contributed by atoms with Crippen LogP contribution >= 0.6 is 0 Å². The monoisotopic (exact) mass is 268 g/mol. The van der Waals surface area contributed by atoms with Crippen LogP contribution in [0.15, 0.2) is 35.6 Å². The first-order chi connectivity index (χ1) is 9.65. The van der Waals surface area contributed by atoms with Crippen LogP contribution in [0.4, 0.5) is 5.69 Å². The standard InChI is InChI=1S/C17H20N2O/c1-12(2)15-10-13-6-7-14(11-16(13)18-17(15)20)19-8-4-3-5-9-19/h6-7,10-11H,1,3-5,8-9H2,2H3,(H,18,20). The highest BCUT2D eigenvalue weighted by atomic mass is 16.1. The van der Waals surface area contributed by atoms with Crippen molar-refractivity contribution in [3.8, 4) is 0 Å². The Bertz CT molecular complexity index is 708. The molecule has 3 rings (SSSR count). The minimum Gasteiger partial charge on any atom is -0.371 e. The van der Waals surface area contributed by atoms with Crippen molar-refractivity contribution >= 4 is 22.2 Å². The zero-order valence-electron chi connectivity index (χ0n) is 11.9. The Morgan fingerprint density at radius 3 is 2.65 bits per heavy atom. The first-order valence-corrected chi connectivity index (χ1v) is 7.23. The highest BCUT2D eigenvalue weighted by Gasteiger charge is 2.12. The molecule has 1 fully saturated rings. The second-order valence-electron chi connectivity index (χ2n) is 5.61. The summed E-state index contributed by atoms with van der Waals surface area (Å²) < 4.78 is 0. The summed E-state index contributed by atoms with van der Waals surface area (Å²) in [5.41, 5.74) is 3.52. The Labute approximate surface area is 118 Å². The fourth-order valence-electron chi connectivity index (χ4n) is 2.85. The normalized spacial score (nSPS) is 15.6. The Kier molecular flexibility index (Phi) is 3.35. The molecule has 20 heavy (non-hydrogen) atoms. The molecule has 0 bridgehead atoms. The summed E-state index contributed by atoms with van der Waals surface area (Å²) in [7, 11) is 0. The average Bonchev–Trinajstić information content (AvgIpc) is 2.46. The Balaban J connectivity index is 2.05. The predicted molar refractivity (Wildman–Crippen MR) is 85.3 cm³/mol. The molecule has 104 valence electrons. The molecule has 3 nitrogen and oxygen atoms in total. The van der Waals surface area contributed by atoms with Crippen LogP contribution in [0, 0.1) is 0 Å². The molecule has 1 aromatic heterocycles. The lowest BCUT2D eigenvalue weighted by molar-refractivity contribution is 0.578. The summed E-state index contributed by atoms with van der Waals surface area (Å²) in [6.07, 6.45) is 3.83. The fraction of sp³-hybridized carbons (Fsp3) is 0.353. The number of nitrogens with zero attached hydrogens (tertiary/aromatic N) is 1. The van der Waals surface area contributed by atoms with Gasteiger partial charge in [0.25, 0.3) is 5.56 Å². The number of pyridine rings is 1. The van der Waals surface area contributed by atoms with Gasteiger partial charge in [0.2, 0.25) is 0 Å². The van der Waals surface area contributed by atoms with Gasteiger partial charge in [0, 0.05) is 24.3 Å². The maximum absolute atomic E-state index is 12.0. The minimum absolute atomic E-state index is 0.0548. The van der Waals surface area contributed by atoms with E-state index >= 15 is 0 Å². The zero-order valence-corrected chi connectivity index (χ0v) is 11.9. The third-order valence-corrected chi connectivity index (χ3v) is 4.01. The van der Waals surface area contributed by atoms with Gasteiger partial charge in [-0.2, -0.15) is 0 Å². The first-order valence-electron chi connectivity index (χ1n) is 7.23. The molecule has 0 amide bonds. The number of benzene rings is 1. The van der Waals surface area contributed by atoms with Crippen LogP contribution in [0.3, 0.4) is 0 Å². The molecule has 2 heterocycles. The number of aromatic nitrogens is 1.